The standard InChI is InChI=1S/C24H35O4PS2.Zn/c1-5-19-9-11-23(21(7-3)17-19)26-13-14-28-29(25,30)31-16-15-27-24-12-10-20(6-2)18-22(24)8-4;/h9-12,17-18H,5-8,13-16H2,1-4H3,(H,25,30);/p-1. The van der Waals surface area contributed by atoms with Crippen molar-refractivity contribution in [3.8, 4) is 11.5 Å². The van der Waals surface area contributed by atoms with Crippen molar-refractivity contribution in [2.75, 3.05) is 25.6 Å². The third-order valence-corrected chi connectivity index (χ3v) is 9.25. The average Bonchev–Trinajstić information content (AvgIpc) is 2.79. The summed E-state index contributed by atoms with van der Waals surface area (Å²) in [5.41, 5.74) is 1.80. The Morgan fingerprint density at radius 1 is 0.781 bits per heavy atom. The van der Waals surface area contributed by atoms with Crippen molar-refractivity contribution in [2.24, 2.45) is 0 Å². The van der Waals surface area contributed by atoms with Gasteiger partial charge in [0.2, 0.25) is 0 Å². The van der Waals surface area contributed by atoms with Gasteiger partial charge in [0.25, 0.3) is 0 Å². The second-order valence-electron chi connectivity index (χ2n) is 7.11. The molecule has 0 saturated heterocycles. The van der Waals surface area contributed by atoms with Gasteiger partial charge in [0.05, 0.1) is 13.2 Å². The molecule has 0 aliphatic heterocycles. The van der Waals surface area contributed by atoms with Gasteiger partial charge in [0, 0.05) is 30.9 Å². The van der Waals surface area contributed by atoms with E-state index in [4.69, 9.17) is 25.8 Å². The van der Waals surface area contributed by atoms with E-state index >= 15 is 0 Å². The number of hydrogen-bond donors (Lipinski definition) is 0. The summed E-state index contributed by atoms with van der Waals surface area (Å²) in [4.78, 5) is 12.5. The molecule has 0 aliphatic rings. The maximum absolute atomic E-state index is 12.5. The van der Waals surface area contributed by atoms with E-state index in [0.29, 0.717) is 19.0 Å². The maximum Gasteiger partial charge on any atom is 0.122 e. The predicted octanol–water partition coefficient (Wildman–Crippen LogP) is 5.73. The van der Waals surface area contributed by atoms with Crippen LogP contribution in [0.4, 0.5) is 0 Å². The second kappa shape index (κ2) is 15.5. The molecular formula is C24H34O4PS2Zn-. The Bertz CT molecular complexity index is 812. The molecule has 0 saturated carbocycles. The van der Waals surface area contributed by atoms with E-state index in [2.05, 4.69) is 52.0 Å². The molecular weight excluding hydrogens is 513 g/mol. The smallest absolute Gasteiger partial charge is 0.122 e. The zero-order valence-corrected chi connectivity index (χ0v) is 25.2. The third kappa shape index (κ3) is 9.83. The van der Waals surface area contributed by atoms with Gasteiger partial charge in [-0.15, -0.1) is 11.4 Å². The molecule has 0 heterocycles. The Morgan fingerprint density at radius 3 is 1.75 bits per heavy atom. The number of hydrogen-bond acceptors (Lipinski definition) is 6. The molecule has 0 fully saturated rings. The van der Waals surface area contributed by atoms with Gasteiger partial charge in [-0.1, -0.05) is 63.8 Å². The van der Waals surface area contributed by atoms with Gasteiger partial charge in [0.1, 0.15) is 18.1 Å². The van der Waals surface area contributed by atoms with Gasteiger partial charge in [-0.25, -0.2) is 0 Å². The summed E-state index contributed by atoms with van der Waals surface area (Å²) in [7, 11) is 0. The molecule has 8 heteroatoms. The fourth-order valence-corrected chi connectivity index (χ4v) is 6.17. The normalized spacial score (nSPS) is 12.7. The molecule has 2 aromatic carbocycles. The predicted molar refractivity (Wildman–Crippen MR) is 134 cm³/mol. The van der Waals surface area contributed by atoms with Crippen LogP contribution in [0.3, 0.4) is 0 Å². The van der Waals surface area contributed by atoms with E-state index in [1.54, 1.807) is 0 Å². The van der Waals surface area contributed by atoms with Crippen LogP contribution in [0.25, 0.3) is 0 Å². The van der Waals surface area contributed by atoms with E-state index < -0.39 is 5.69 Å². The van der Waals surface area contributed by atoms with Crippen molar-refractivity contribution in [3.63, 3.8) is 0 Å². The Balaban J connectivity index is 0.00000512. The number of rotatable bonds is 14. The molecule has 0 amide bonds. The van der Waals surface area contributed by atoms with Crippen LogP contribution in [-0.4, -0.2) is 25.6 Å². The summed E-state index contributed by atoms with van der Waals surface area (Å²) in [6, 6.07) is 12.5. The minimum Gasteiger partial charge on any atom is -0.793 e. The van der Waals surface area contributed by atoms with E-state index in [9.17, 15) is 4.89 Å². The van der Waals surface area contributed by atoms with E-state index in [0.717, 1.165) is 48.6 Å². The molecule has 4 nitrogen and oxygen atoms in total. The summed E-state index contributed by atoms with van der Waals surface area (Å²) >= 11 is 6.30. The first-order valence-corrected chi connectivity index (χ1v) is 15.2. The Morgan fingerprint density at radius 2 is 1.28 bits per heavy atom. The zero-order chi connectivity index (χ0) is 22.7. The summed E-state index contributed by atoms with van der Waals surface area (Å²) < 4.78 is 17.2. The number of ether oxygens (including phenoxy) is 2. The van der Waals surface area contributed by atoms with E-state index in [1.807, 2.05) is 12.1 Å². The third-order valence-electron chi connectivity index (χ3n) is 5.01. The van der Waals surface area contributed by atoms with Crippen LogP contribution in [0.2, 0.25) is 0 Å². The molecule has 174 valence electrons. The molecule has 0 aromatic heterocycles. The minimum atomic E-state index is -3.16. The van der Waals surface area contributed by atoms with Crippen LogP contribution in [-0.2, 0) is 61.5 Å². The van der Waals surface area contributed by atoms with Crippen molar-refractivity contribution < 1.29 is 38.4 Å². The van der Waals surface area contributed by atoms with Crippen LogP contribution in [0.1, 0.15) is 49.9 Å². The van der Waals surface area contributed by atoms with Crippen LogP contribution < -0.4 is 14.4 Å². The van der Waals surface area contributed by atoms with Crippen molar-refractivity contribution in [1.82, 2.24) is 0 Å². The monoisotopic (exact) mass is 545 g/mol. The SMILES string of the molecule is CCc1ccc(OCCOP([O-])(=S)SCCOc2ccc(CC)cc2CC)c(CC)c1.[Zn]. The molecule has 32 heavy (non-hydrogen) atoms. The molecule has 2 aromatic rings. The second-order valence-corrected chi connectivity index (χ2v) is 13.3. The molecule has 2 rings (SSSR count). The Kier molecular flexibility index (Phi) is 14.3. The fraction of sp³-hybridized carbons (Fsp3) is 0.500. The first-order valence-electron chi connectivity index (χ1n) is 11.0. The molecule has 0 radical (unpaired) electrons. The molecule has 1 unspecified atom stereocenters. The van der Waals surface area contributed by atoms with Crippen molar-refractivity contribution in [2.45, 2.75) is 53.4 Å². The molecule has 0 spiro atoms. The molecule has 0 aliphatic carbocycles. The van der Waals surface area contributed by atoms with Crippen molar-refractivity contribution >= 4 is 28.9 Å². The van der Waals surface area contributed by atoms with Crippen molar-refractivity contribution in [3.05, 3.63) is 58.7 Å². The van der Waals surface area contributed by atoms with E-state index in [-0.39, 0.29) is 26.1 Å². The summed E-state index contributed by atoms with van der Waals surface area (Å²) in [5.74, 6) is 2.25. The Labute approximate surface area is 215 Å². The van der Waals surface area contributed by atoms with Gasteiger partial charge in [-0.2, -0.15) is 0 Å². The summed E-state index contributed by atoms with van der Waals surface area (Å²) in [5, 5.41) is 0. The van der Waals surface area contributed by atoms with Gasteiger partial charge in [-0.3, -0.25) is 0 Å². The zero-order valence-electron chi connectivity index (χ0n) is 19.7. The van der Waals surface area contributed by atoms with Gasteiger partial charge in [-0.05, 0) is 60.1 Å². The quantitative estimate of drug-likeness (QED) is 0.171. The van der Waals surface area contributed by atoms with Gasteiger partial charge in [0.15, 0.2) is 0 Å². The molecule has 1 atom stereocenters. The van der Waals surface area contributed by atoms with Crippen LogP contribution in [0, 0.1) is 0 Å². The van der Waals surface area contributed by atoms with Crippen LogP contribution in [0.5, 0.6) is 11.5 Å². The topological polar surface area (TPSA) is 50.8 Å². The average molecular weight is 547 g/mol. The van der Waals surface area contributed by atoms with Crippen LogP contribution in [0.15, 0.2) is 36.4 Å². The minimum absolute atomic E-state index is 0. The fourth-order valence-electron chi connectivity index (χ4n) is 3.18. The maximum atomic E-state index is 12.5. The van der Waals surface area contributed by atoms with Gasteiger partial charge < -0.3 is 18.9 Å². The molecule has 0 bridgehead atoms. The number of aryl methyl sites for hydroxylation is 4. The van der Waals surface area contributed by atoms with Crippen LogP contribution >= 0.6 is 17.1 Å². The summed E-state index contributed by atoms with van der Waals surface area (Å²) in [6.45, 7) is 9.46. The largest absolute Gasteiger partial charge is 0.793 e. The van der Waals surface area contributed by atoms with Gasteiger partial charge >= 0.3 is 0 Å². The Hall–Kier alpha value is -0.417. The first-order chi connectivity index (χ1) is 14.9. The van der Waals surface area contributed by atoms with E-state index in [1.165, 1.54) is 22.3 Å². The number of benzene rings is 2. The summed E-state index contributed by atoms with van der Waals surface area (Å²) in [6.07, 6.45) is 3.83. The van der Waals surface area contributed by atoms with Crippen molar-refractivity contribution in [1.29, 1.82) is 0 Å². The first kappa shape index (κ1) is 29.6. The molecule has 0 N–H and O–H groups in total.